The van der Waals surface area contributed by atoms with Crippen LogP contribution in [0.4, 0.5) is 0 Å². The molecular formula is C19H34O. The van der Waals surface area contributed by atoms with Gasteiger partial charge < -0.3 is 4.74 Å². The minimum absolute atomic E-state index is 0.579. The summed E-state index contributed by atoms with van der Waals surface area (Å²) in [6.07, 6.45) is 17.9. The average molecular weight is 278 g/mol. The van der Waals surface area contributed by atoms with Crippen molar-refractivity contribution in [2.75, 3.05) is 6.61 Å². The van der Waals surface area contributed by atoms with Crippen molar-refractivity contribution in [1.82, 2.24) is 0 Å². The maximum atomic E-state index is 5.92. The van der Waals surface area contributed by atoms with Gasteiger partial charge in [-0.1, -0.05) is 25.8 Å². The highest BCUT2D eigenvalue weighted by atomic mass is 16.5. The first-order chi connectivity index (χ1) is 9.83. The zero-order valence-corrected chi connectivity index (χ0v) is 13.5. The van der Waals surface area contributed by atoms with E-state index in [1.165, 1.54) is 64.2 Å². The van der Waals surface area contributed by atoms with E-state index in [1.807, 2.05) is 0 Å². The highest BCUT2D eigenvalue weighted by Gasteiger charge is 2.30. The first-order valence-electron chi connectivity index (χ1n) is 9.06. The SMILES string of the molecule is C=CCCC1CCC(C2CCC(OCCC)CC2)CC1. The summed E-state index contributed by atoms with van der Waals surface area (Å²) in [5.41, 5.74) is 0. The fraction of sp³-hybridized carbons (Fsp3) is 0.895. The standard InChI is InChI=1S/C19H34O/c1-3-5-6-16-7-9-17(10-8-16)18-11-13-19(14-12-18)20-15-4-2/h3,16-19H,1,4-15H2,2H3. The molecule has 2 saturated carbocycles. The lowest BCUT2D eigenvalue weighted by Crippen LogP contribution is -2.28. The maximum Gasteiger partial charge on any atom is 0.0575 e. The number of allylic oxidation sites excluding steroid dienone is 1. The van der Waals surface area contributed by atoms with E-state index in [-0.39, 0.29) is 0 Å². The zero-order chi connectivity index (χ0) is 14.2. The second-order valence-corrected chi connectivity index (χ2v) is 7.05. The fourth-order valence-corrected chi connectivity index (χ4v) is 4.31. The van der Waals surface area contributed by atoms with Crippen LogP contribution < -0.4 is 0 Å². The second-order valence-electron chi connectivity index (χ2n) is 7.05. The molecule has 0 radical (unpaired) electrons. The van der Waals surface area contributed by atoms with Gasteiger partial charge in [-0.3, -0.25) is 0 Å². The molecule has 2 rings (SSSR count). The van der Waals surface area contributed by atoms with Crippen LogP contribution in [0.25, 0.3) is 0 Å². The van der Waals surface area contributed by atoms with E-state index in [0.29, 0.717) is 6.10 Å². The molecule has 116 valence electrons. The first-order valence-corrected chi connectivity index (χ1v) is 9.06. The lowest BCUT2D eigenvalue weighted by Gasteiger charge is -2.37. The van der Waals surface area contributed by atoms with E-state index >= 15 is 0 Å². The third kappa shape index (κ3) is 4.91. The minimum atomic E-state index is 0.579. The summed E-state index contributed by atoms with van der Waals surface area (Å²) in [5, 5.41) is 0. The predicted molar refractivity (Wildman–Crippen MR) is 86.9 cm³/mol. The Morgan fingerprint density at radius 2 is 1.55 bits per heavy atom. The molecule has 2 aliphatic rings. The van der Waals surface area contributed by atoms with E-state index in [1.54, 1.807) is 0 Å². The lowest BCUT2D eigenvalue weighted by atomic mass is 9.70. The van der Waals surface area contributed by atoms with Gasteiger partial charge in [-0.15, -0.1) is 6.58 Å². The Morgan fingerprint density at radius 1 is 0.950 bits per heavy atom. The van der Waals surface area contributed by atoms with Gasteiger partial charge in [0.15, 0.2) is 0 Å². The monoisotopic (exact) mass is 278 g/mol. The van der Waals surface area contributed by atoms with Crippen LogP contribution >= 0.6 is 0 Å². The van der Waals surface area contributed by atoms with Gasteiger partial charge >= 0.3 is 0 Å². The number of rotatable bonds is 7. The van der Waals surface area contributed by atoms with Crippen LogP contribution in [-0.2, 0) is 4.74 Å². The maximum absolute atomic E-state index is 5.92. The van der Waals surface area contributed by atoms with Gasteiger partial charge in [-0.2, -0.15) is 0 Å². The Labute approximate surface area is 126 Å². The molecule has 0 atom stereocenters. The summed E-state index contributed by atoms with van der Waals surface area (Å²) in [4.78, 5) is 0. The van der Waals surface area contributed by atoms with Crippen LogP contribution in [0.2, 0.25) is 0 Å². The van der Waals surface area contributed by atoms with Gasteiger partial charge in [-0.25, -0.2) is 0 Å². The molecule has 0 N–H and O–H groups in total. The van der Waals surface area contributed by atoms with E-state index in [0.717, 1.165) is 30.8 Å². The van der Waals surface area contributed by atoms with E-state index < -0.39 is 0 Å². The largest absolute Gasteiger partial charge is 0.378 e. The van der Waals surface area contributed by atoms with Gasteiger partial charge in [0.05, 0.1) is 6.10 Å². The molecular weight excluding hydrogens is 244 g/mol. The van der Waals surface area contributed by atoms with Crippen LogP contribution in [0, 0.1) is 17.8 Å². The van der Waals surface area contributed by atoms with Gasteiger partial charge in [0.2, 0.25) is 0 Å². The summed E-state index contributed by atoms with van der Waals surface area (Å²) >= 11 is 0. The molecule has 0 aromatic heterocycles. The number of hydrogen-bond donors (Lipinski definition) is 0. The van der Waals surface area contributed by atoms with Gasteiger partial charge in [0.1, 0.15) is 0 Å². The third-order valence-corrected chi connectivity index (χ3v) is 5.61. The molecule has 1 nitrogen and oxygen atoms in total. The number of hydrogen-bond acceptors (Lipinski definition) is 1. The minimum Gasteiger partial charge on any atom is -0.378 e. The Kier molecular flexibility index (Phi) is 7.13. The fourth-order valence-electron chi connectivity index (χ4n) is 4.31. The van der Waals surface area contributed by atoms with Gasteiger partial charge in [-0.05, 0) is 75.5 Å². The van der Waals surface area contributed by atoms with Crippen molar-refractivity contribution in [3.63, 3.8) is 0 Å². The van der Waals surface area contributed by atoms with Crippen LogP contribution in [-0.4, -0.2) is 12.7 Å². The van der Waals surface area contributed by atoms with Crippen molar-refractivity contribution in [3.05, 3.63) is 12.7 Å². The molecule has 0 aliphatic heterocycles. The lowest BCUT2D eigenvalue weighted by molar-refractivity contribution is 0.00731. The normalized spacial score (nSPS) is 34.9. The predicted octanol–water partition coefficient (Wildman–Crippen LogP) is 5.74. The smallest absolute Gasteiger partial charge is 0.0575 e. The van der Waals surface area contributed by atoms with E-state index in [2.05, 4.69) is 19.6 Å². The van der Waals surface area contributed by atoms with Crippen molar-refractivity contribution >= 4 is 0 Å². The average Bonchev–Trinajstić information content (AvgIpc) is 2.52. The quantitative estimate of drug-likeness (QED) is 0.539. The molecule has 20 heavy (non-hydrogen) atoms. The third-order valence-electron chi connectivity index (χ3n) is 5.61. The molecule has 1 heteroatoms. The zero-order valence-electron chi connectivity index (χ0n) is 13.5. The van der Waals surface area contributed by atoms with Crippen molar-refractivity contribution < 1.29 is 4.74 Å². The van der Waals surface area contributed by atoms with Gasteiger partial charge in [0, 0.05) is 6.61 Å². The Balaban J connectivity index is 1.64. The summed E-state index contributed by atoms with van der Waals surface area (Å²) in [5.74, 6) is 3.03. The van der Waals surface area contributed by atoms with E-state index in [9.17, 15) is 0 Å². The Hall–Kier alpha value is -0.300. The van der Waals surface area contributed by atoms with Crippen molar-refractivity contribution in [2.45, 2.75) is 83.7 Å². The Bertz CT molecular complexity index is 257. The molecule has 0 unspecified atom stereocenters. The molecule has 0 bridgehead atoms. The van der Waals surface area contributed by atoms with Crippen LogP contribution in [0.1, 0.15) is 77.6 Å². The molecule has 0 spiro atoms. The molecule has 0 heterocycles. The van der Waals surface area contributed by atoms with Gasteiger partial charge in [0.25, 0.3) is 0 Å². The van der Waals surface area contributed by atoms with E-state index in [4.69, 9.17) is 4.74 Å². The molecule has 0 aromatic rings. The molecule has 0 amide bonds. The first kappa shape index (κ1) is 16.1. The molecule has 0 aromatic carbocycles. The summed E-state index contributed by atoms with van der Waals surface area (Å²) in [7, 11) is 0. The summed E-state index contributed by atoms with van der Waals surface area (Å²) in [6, 6.07) is 0. The van der Waals surface area contributed by atoms with Crippen LogP contribution in [0.15, 0.2) is 12.7 Å². The van der Waals surface area contributed by atoms with Crippen molar-refractivity contribution in [3.8, 4) is 0 Å². The number of ether oxygens (including phenoxy) is 1. The topological polar surface area (TPSA) is 9.23 Å². The van der Waals surface area contributed by atoms with Crippen LogP contribution in [0.3, 0.4) is 0 Å². The highest BCUT2D eigenvalue weighted by molar-refractivity contribution is 4.83. The highest BCUT2D eigenvalue weighted by Crippen LogP contribution is 2.41. The van der Waals surface area contributed by atoms with Crippen LogP contribution in [0.5, 0.6) is 0 Å². The summed E-state index contributed by atoms with van der Waals surface area (Å²) < 4.78 is 5.92. The molecule has 0 saturated heterocycles. The second kappa shape index (κ2) is 8.87. The van der Waals surface area contributed by atoms with Crippen molar-refractivity contribution in [2.24, 2.45) is 17.8 Å². The molecule has 2 fully saturated rings. The molecule has 2 aliphatic carbocycles. The van der Waals surface area contributed by atoms with Crippen molar-refractivity contribution in [1.29, 1.82) is 0 Å². The summed E-state index contributed by atoms with van der Waals surface area (Å²) in [6.45, 7) is 7.02. The Morgan fingerprint density at radius 3 is 2.10 bits per heavy atom.